The fourth-order valence-electron chi connectivity index (χ4n) is 2.27. The zero-order valence-corrected chi connectivity index (χ0v) is 19.5. The van der Waals surface area contributed by atoms with Crippen LogP contribution in [0.2, 0.25) is 0 Å². The van der Waals surface area contributed by atoms with Gasteiger partial charge in [-0.15, -0.1) is 0 Å². The maximum Gasteiger partial charge on any atom is 0.277 e. The minimum atomic E-state index is -0.543. The van der Waals surface area contributed by atoms with Crippen LogP contribution < -0.4 is 21.2 Å². The fraction of sp³-hybridized carbons (Fsp3) is 0.200. The van der Waals surface area contributed by atoms with E-state index in [4.69, 9.17) is 10.5 Å². The van der Waals surface area contributed by atoms with E-state index in [9.17, 15) is 14.4 Å². The molecule has 0 aliphatic rings. The summed E-state index contributed by atoms with van der Waals surface area (Å²) in [5.41, 5.74) is 9.78. The van der Waals surface area contributed by atoms with Crippen LogP contribution in [0.25, 0.3) is 0 Å². The summed E-state index contributed by atoms with van der Waals surface area (Å²) in [6.07, 6.45) is -0.0177. The van der Waals surface area contributed by atoms with Crippen molar-refractivity contribution in [1.82, 2.24) is 5.43 Å². The first-order valence-corrected chi connectivity index (χ1v) is 10.3. The number of amides is 3. The molecule has 0 aliphatic carbocycles. The van der Waals surface area contributed by atoms with Crippen molar-refractivity contribution in [2.75, 3.05) is 11.9 Å². The van der Waals surface area contributed by atoms with E-state index in [1.54, 1.807) is 25.1 Å². The third-order valence-corrected chi connectivity index (χ3v) is 5.29. The van der Waals surface area contributed by atoms with Crippen molar-refractivity contribution in [3.63, 3.8) is 0 Å². The molecule has 30 heavy (non-hydrogen) atoms. The Balaban J connectivity index is 1.81. The van der Waals surface area contributed by atoms with Crippen molar-refractivity contribution >= 4 is 61.0 Å². The molecule has 0 bridgehead atoms. The number of nitrogens with one attached hydrogen (secondary N) is 2. The molecule has 8 nitrogen and oxygen atoms in total. The van der Waals surface area contributed by atoms with Gasteiger partial charge < -0.3 is 15.8 Å². The summed E-state index contributed by atoms with van der Waals surface area (Å²) >= 11 is 6.79. The van der Waals surface area contributed by atoms with Gasteiger partial charge in [0.2, 0.25) is 11.8 Å². The van der Waals surface area contributed by atoms with Gasteiger partial charge in [0, 0.05) is 21.4 Å². The maximum atomic E-state index is 12.1. The van der Waals surface area contributed by atoms with Gasteiger partial charge in [-0.2, -0.15) is 5.10 Å². The molecule has 0 spiro atoms. The second-order valence-electron chi connectivity index (χ2n) is 6.37. The largest absolute Gasteiger partial charge is 0.483 e. The van der Waals surface area contributed by atoms with Crippen LogP contribution in [0, 0.1) is 6.92 Å². The molecule has 0 fully saturated rings. The molecular formula is C20H20Br2N4O4. The number of benzene rings is 2. The Morgan fingerprint density at radius 3 is 2.37 bits per heavy atom. The average molecular weight is 540 g/mol. The molecule has 4 N–H and O–H groups in total. The first-order valence-electron chi connectivity index (χ1n) is 8.76. The van der Waals surface area contributed by atoms with Crippen molar-refractivity contribution in [2.45, 2.75) is 20.3 Å². The Labute approximate surface area is 190 Å². The summed E-state index contributed by atoms with van der Waals surface area (Å²) in [7, 11) is 0. The predicted octanol–water partition coefficient (Wildman–Crippen LogP) is 3.52. The van der Waals surface area contributed by atoms with Crippen LogP contribution in [0.1, 0.15) is 29.3 Å². The summed E-state index contributed by atoms with van der Waals surface area (Å²) in [6, 6.07) is 9.83. The minimum Gasteiger partial charge on any atom is -0.483 e. The topological polar surface area (TPSA) is 123 Å². The number of carbonyl (C=O) groups excluding carboxylic acids is 3. The number of hydrogen-bond acceptors (Lipinski definition) is 5. The molecule has 0 heterocycles. The molecule has 0 aliphatic heterocycles. The number of hydrazone groups is 1. The van der Waals surface area contributed by atoms with Gasteiger partial charge in [-0.1, -0.05) is 15.9 Å². The van der Waals surface area contributed by atoms with E-state index in [-0.39, 0.29) is 18.9 Å². The molecule has 0 saturated heterocycles. The molecule has 0 aromatic heterocycles. The van der Waals surface area contributed by atoms with Crippen LogP contribution >= 0.6 is 31.9 Å². The smallest absolute Gasteiger partial charge is 0.277 e. The van der Waals surface area contributed by atoms with Crippen molar-refractivity contribution in [3.8, 4) is 5.75 Å². The van der Waals surface area contributed by atoms with Gasteiger partial charge in [-0.25, -0.2) is 5.43 Å². The lowest BCUT2D eigenvalue weighted by Crippen LogP contribution is -2.26. The van der Waals surface area contributed by atoms with E-state index in [0.29, 0.717) is 27.2 Å². The fourth-order valence-corrected chi connectivity index (χ4v) is 3.38. The van der Waals surface area contributed by atoms with E-state index in [1.807, 2.05) is 13.0 Å². The number of rotatable bonds is 8. The molecule has 0 atom stereocenters. The lowest BCUT2D eigenvalue weighted by Gasteiger charge is -2.10. The maximum absolute atomic E-state index is 12.1. The predicted molar refractivity (Wildman–Crippen MR) is 122 cm³/mol. The lowest BCUT2D eigenvalue weighted by molar-refractivity contribution is -0.123. The molecule has 0 saturated carbocycles. The zero-order valence-electron chi connectivity index (χ0n) is 16.3. The molecular weight excluding hydrogens is 520 g/mol. The van der Waals surface area contributed by atoms with Crippen LogP contribution in [0.4, 0.5) is 5.69 Å². The summed E-state index contributed by atoms with van der Waals surface area (Å²) in [6.45, 7) is 3.30. The van der Waals surface area contributed by atoms with E-state index < -0.39 is 11.8 Å². The Hall–Kier alpha value is -2.72. The van der Waals surface area contributed by atoms with Gasteiger partial charge in [0.05, 0.1) is 10.9 Å². The second kappa shape index (κ2) is 10.9. The van der Waals surface area contributed by atoms with E-state index in [2.05, 4.69) is 47.7 Å². The van der Waals surface area contributed by atoms with Gasteiger partial charge in [-0.05, 0) is 71.7 Å². The summed E-state index contributed by atoms with van der Waals surface area (Å²) in [4.78, 5) is 35.1. The molecule has 2 aromatic carbocycles. The van der Waals surface area contributed by atoms with Crippen LogP contribution in [0.15, 0.2) is 50.4 Å². The molecule has 2 rings (SSSR count). The van der Waals surface area contributed by atoms with E-state index in [0.717, 1.165) is 10.0 Å². The Morgan fingerprint density at radius 2 is 1.73 bits per heavy atom. The molecule has 0 unspecified atom stereocenters. The van der Waals surface area contributed by atoms with Crippen molar-refractivity contribution in [3.05, 3.63) is 56.5 Å². The number of halogens is 2. The first kappa shape index (κ1) is 23.6. The summed E-state index contributed by atoms with van der Waals surface area (Å²) < 4.78 is 7.13. The van der Waals surface area contributed by atoms with Crippen molar-refractivity contribution < 1.29 is 19.1 Å². The molecule has 158 valence electrons. The molecule has 10 heteroatoms. The van der Waals surface area contributed by atoms with Crippen LogP contribution in [0.5, 0.6) is 5.75 Å². The van der Waals surface area contributed by atoms with Crippen molar-refractivity contribution in [2.24, 2.45) is 10.8 Å². The number of anilines is 1. The molecule has 0 radical (unpaired) electrons. The van der Waals surface area contributed by atoms with Crippen LogP contribution in [-0.2, 0) is 9.59 Å². The Morgan fingerprint density at radius 1 is 1.07 bits per heavy atom. The number of aryl methyl sites for hydroxylation is 1. The van der Waals surface area contributed by atoms with Gasteiger partial charge >= 0.3 is 0 Å². The summed E-state index contributed by atoms with van der Waals surface area (Å²) in [5, 5.41) is 6.58. The van der Waals surface area contributed by atoms with Crippen LogP contribution in [-0.4, -0.2) is 30.0 Å². The Bertz CT molecular complexity index is 991. The number of primary amides is 1. The highest BCUT2D eigenvalue weighted by Crippen LogP contribution is 2.31. The molecule has 3 amide bonds. The van der Waals surface area contributed by atoms with E-state index in [1.165, 1.54) is 12.1 Å². The standard InChI is InChI=1S/C20H20Br2N4O4/c1-11-7-17(16(22)9-15(11)21)30-10-19(28)26-25-12(2)8-18(27)24-14-5-3-13(4-6-14)20(23)29/h3-7,9H,8,10H2,1-2H3,(H2,23,29)(H,24,27)(H,26,28). The highest BCUT2D eigenvalue weighted by Gasteiger charge is 2.09. The highest BCUT2D eigenvalue weighted by molar-refractivity contribution is 9.11. The number of ether oxygens (including phenoxy) is 1. The number of nitrogens with two attached hydrogens (primary N) is 1. The van der Waals surface area contributed by atoms with Gasteiger partial charge in [0.15, 0.2) is 6.61 Å². The Kier molecular flexibility index (Phi) is 8.55. The van der Waals surface area contributed by atoms with Gasteiger partial charge in [-0.3, -0.25) is 14.4 Å². The SMILES string of the molecule is CC(CC(=O)Nc1ccc(C(N)=O)cc1)=NNC(=O)COc1cc(C)c(Br)cc1Br. The number of hydrogen-bond donors (Lipinski definition) is 3. The minimum absolute atomic E-state index is 0.0177. The lowest BCUT2D eigenvalue weighted by atomic mass is 10.2. The number of nitrogens with zero attached hydrogens (tertiary/aromatic N) is 1. The van der Waals surface area contributed by atoms with Gasteiger partial charge in [0.1, 0.15) is 5.75 Å². The van der Waals surface area contributed by atoms with Gasteiger partial charge in [0.25, 0.3) is 5.91 Å². The normalized spacial score (nSPS) is 11.0. The van der Waals surface area contributed by atoms with Crippen LogP contribution in [0.3, 0.4) is 0 Å². The third-order valence-electron chi connectivity index (χ3n) is 3.81. The first-order chi connectivity index (χ1) is 14.2. The third kappa shape index (κ3) is 7.27. The highest BCUT2D eigenvalue weighted by atomic mass is 79.9. The summed E-state index contributed by atoms with van der Waals surface area (Å²) in [5.74, 6) is -0.779. The van der Waals surface area contributed by atoms with E-state index >= 15 is 0 Å². The second-order valence-corrected chi connectivity index (χ2v) is 8.08. The number of carbonyl (C=O) groups is 3. The monoisotopic (exact) mass is 538 g/mol. The van der Waals surface area contributed by atoms with Crippen molar-refractivity contribution in [1.29, 1.82) is 0 Å². The average Bonchev–Trinajstić information content (AvgIpc) is 2.68. The zero-order chi connectivity index (χ0) is 22.3. The molecule has 2 aromatic rings. The quantitative estimate of drug-likeness (QED) is 0.351.